The summed E-state index contributed by atoms with van der Waals surface area (Å²) >= 11 is 0. The molecule has 2 aliphatic carbocycles. The fraction of sp³-hybridized carbons (Fsp3) is 0.350. The molecule has 0 amide bonds. The summed E-state index contributed by atoms with van der Waals surface area (Å²) in [5.41, 5.74) is 3.68. The topological polar surface area (TPSA) is 42.9 Å². The van der Waals surface area contributed by atoms with Gasteiger partial charge in [0.05, 0.1) is 25.6 Å². The zero-order chi connectivity index (χ0) is 19.7. The van der Waals surface area contributed by atoms with Crippen LogP contribution >= 0.6 is 0 Å². The number of hydrogen-bond donors (Lipinski definition) is 1. The monoisotopic (exact) mass is 378 g/mol. The third-order valence-corrected chi connectivity index (χ3v) is 4.74. The first-order valence-electron chi connectivity index (χ1n) is 8.48. The quantitative estimate of drug-likeness (QED) is 0.849. The molecule has 0 aromatic heterocycles. The van der Waals surface area contributed by atoms with Crippen molar-refractivity contribution in [1.29, 1.82) is 0 Å². The van der Waals surface area contributed by atoms with Crippen LogP contribution in [0.3, 0.4) is 0 Å². The van der Waals surface area contributed by atoms with Gasteiger partial charge >= 0.3 is 0 Å². The molecule has 27 heavy (non-hydrogen) atoms. The molecule has 3 rings (SSSR count). The standard InChI is InChI=1S/C20H21F3N2O2/c1-10(25-20-15(22)7-12(21)8-16(20)23)13-5-11-6-17(26-3)18(27-4)9-14(11)19(13)24-2/h6-7,9,16,25H,5,8H2,1-4H3/b13-10+,24-19?. The van der Waals surface area contributed by atoms with Crippen molar-refractivity contribution in [2.45, 2.75) is 25.9 Å². The first-order valence-corrected chi connectivity index (χ1v) is 8.48. The smallest absolute Gasteiger partial charge is 0.161 e. The van der Waals surface area contributed by atoms with E-state index in [0.29, 0.717) is 35.4 Å². The lowest BCUT2D eigenvalue weighted by molar-refractivity contribution is 0.329. The second kappa shape index (κ2) is 7.50. The average Bonchev–Trinajstić information content (AvgIpc) is 3.00. The second-order valence-electron chi connectivity index (χ2n) is 6.37. The highest BCUT2D eigenvalue weighted by Crippen LogP contribution is 2.38. The Bertz CT molecular complexity index is 901. The van der Waals surface area contributed by atoms with Crippen molar-refractivity contribution in [3.63, 3.8) is 0 Å². The Morgan fingerprint density at radius 3 is 2.44 bits per heavy atom. The molecular formula is C20H21F3N2O2. The van der Waals surface area contributed by atoms with E-state index in [-0.39, 0.29) is 5.70 Å². The van der Waals surface area contributed by atoms with Gasteiger partial charge in [-0.25, -0.2) is 13.2 Å². The van der Waals surface area contributed by atoms with Gasteiger partial charge in [0.15, 0.2) is 11.5 Å². The van der Waals surface area contributed by atoms with Crippen LogP contribution in [0.15, 0.2) is 51.8 Å². The summed E-state index contributed by atoms with van der Waals surface area (Å²) in [7, 11) is 4.77. The van der Waals surface area contributed by atoms with Crippen molar-refractivity contribution in [2.75, 3.05) is 21.3 Å². The van der Waals surface area contributed by atoms with Crippen LogP contribution in [0, 0.1) is 0 Å². The van der Waals surface area contributed by atoms with Gasteiger partial charge < -0.3 is 14.8 Å². The van der Waals surface area contributed by atoms with Gasteiger partial charge in [-0.1, -0.05) is 0 Å². The summed E-state index contributed by atoms with van der Waals surface area (Å²) in [6.07, 6.45) is -0.986. The van der Waals surface area contributed by atoms with Crippen molar-refractivity contribution in [2.24, 2.45) is 4.99 Å². The van der Waals surface area contributed by atoms with Crippen LogP contribution in [-0.4, -0.2) is 33.2 Å². The molecule has 1 N–H and O–H groups in total. The molecule has 0 aliphatic heterocycles. The van der Waals surface area contributed by atoms with Crippen LogP contribution in [-0.2, 0) is 6.42 Å². The van der Waals surface area contributed by atoms with Crippen LogP contribution in [0.5, 0.6) is 11.5 Å². The van der Waals surface area contributed by atoms with Crippen molar-refractivity contribution >= 4 is 5.71 Å². The summed E-state index contributed by atoms with van der Waals surface area (Å²) < 4.78 is 52.0. The Labute approximate surface area is 156 Å². The number of ether oxygens (including phenoxy) is 2. The van der Waals surface area contributed by atoms with Crippen molar-refractivity contribution < 1.29 is 22.6 Å². The van der Waals surface area contributed by atoms with Gasteiger partial charge in [0.25, 0.3) is 0 Å². The van der Waals surface area contributed by atoms with Gasteiger partial charge in [-0.15, -0.1) is 0 Å². The minimum absolute atomic E-state index is 0.261. The fourth-order valence-electron chi connectivity index (χ4n) is 3.40. The van der Waals surface area contributed by atoms with Crippen LogP contribution in [0.25, 0.3) is 0 Å². The first-order chi connectivity index (χ1) is 12.9. The number of benzene rings is 1. The normalized spacial score (nSPS) is 22.6. The van der Waals surface area contributed by atoms with Gasteiger partial charge in [0.2, 0.25) is 0 Å². The number of alkyl halides is 1. The Morgan fingerprint density at radius 2 is 1.85 bits per heavy atom. The predicted octanol–water partition coefficient (Wildman–Crippen LogP) is 4.32. The third-order valence-electron chi connectivity index (χ3n) is 4.74. The van der Waals surface area contributed by atoms with Crippen LogP contribution in [0.4, 0.5) is 13.2 Å². The third kappa shape index (κ3) is 3.46. The second-order valence-corrected chi connectivity index (χ2v) is 6.37. The summed E-state index contributed by atoms with van der Waals surface area (Å²) in [5, 5.41) is 2.79. The molecule has 2 aliphatic rings. The number of aliphatic imine (C=N–C) groups is 1. The summed E-state index contributed by atoms with van der Waals surface area (Å²) in [4.78, 5) is 4.35. The van der Waals surface area contributed by atoms with Gasteiger partial charge in [-0.05, 0) is 24.6 Å². The molecule has 7 heteroatoms. The number of fused-ring (bicyclic) bond motifs is 1. The molecule has 0 radical (unpaired) electrons. The Kier molecular flexibility index (Phi) is 5.30. The van der Waals surface area contributed by atoms with E-state index >= 15 is 0 Å². The van der Waals surface area contributed by atoms with E-state index in [9.17, 15) is 13.2 Å². The van der Waals surface area contributed by atoms with Crippen LogP contribution in [0.2, 0.25) is 0 Å². The lowest BCUT2D eigenvalue weighted by atomic mass is 10.0. The van der Waals surface area contributed by atoms with Crippen LogP contribution in [0.1, 0.15) is 24.5 Å². The van der Waals surface area contributed by atoms with E-state index in [1.54, 1.807) is 28.2 Å². The number of nitrogens with zero attached hydrogens (tertiary/aromatic N) is 1. The van der Waals surface area contributed by atoms with E-state index in [1.165, 1.54) is 0 Å². The van der Waals surface area contributed by atoms with E-state index < -0.39 is 24.2 Å². The molecular weight excluding hydrogens is 357 g/mol. The highest BCUT2D eigenvalue weighted by atomic mass is 19.2. The molecule has 144 valence electrons. The number of nitrogens with one attached hydrogen (secondary N) is 1. The number of allylic oxidation sites excluding steroid dienone is 6. The number of hydrogen-bond acceptors (Lipinski definition) is 4. The lowest BCUT2D eigenvalue weighted by Crippen LogP contribution is -2.25. The number of rotatable bonds is 4. The van der Waals surface area contributed by atoms with Crippen LogP contribution < -0.4 is 14.8 Å². The maximum atomic E-state index is 14.1. The van der Waals surface area contributed by atoms with E-state index in [2.05, 4.69) is 10.3 Å². The summed E-state index contributed by atoms with van der Waals surface area (Å²) in [5.74, 6) is -0.557. The number of methoxy groups -OCH3 is 2. The molecule has 0 saturated heterocycles. The Hall–Kier alpha value is -2.70. The largest absolute Gasteiger partial charge is 0.493 e. The average molecular weight is 378 g/mol. The van der Waals surface area contributed by atoms with Crippen molar-refractivity contribution in [3.8, 4) is 11.5 Å². The molecule has 0 spiro atoms. The van der Waals surface area contributed by atoms with Crippen molar-refractivity contribution in [1.82, 2.24) is 5.32 Å². The highest BCUT2D eigenvalue weighted by Gasteiger charge is 2.29. The minimum Gasteiger partial charge on any atom is -0.493 e. The van der Waals surface area contributed by atoms with Gasteiger partial charge in [0.1, 0.15) is 17.8 Å². The summed E-state index contributed by atoms with van der Waals surface area (Å²) in [6.45, 7) is 1.72. The Morgan fingerprint density at radius 1 is 1.19 bits per heavy atom. The van der Waals surface area contributed by atoms with Crippen molar-refractivity contribution in [3.05, 3.63) is 58.0 Å². The lowest BCUT2D eigenvalue weighted by Gasteiger charge is -2.20. The Balaban J connectivity index is 2.00. The molecule has 1 aromatic carbocycles. The maximum Gasteiger partial charge on any atom is 0.161 e. The van der Waals surface area contributed by atoms with Gasteiger partial charge in [-0.3, -0.25) is 4.99 Å². The number of halogens is 3. The van der Waals surface area contributed by atoms with E-state index in [1.807, 2.05) is 12.1 Å². The summed E-state index contributed by atoms with van der Waals surface area (Å²) in [6, 6.07) is 3.71. The molecule has 1 aromatic rings. The van der Waals surface area contributed by atoms with Gasteiger partial charge in [0, 0.05) is 42.8 Å². The van der Waals surface area contributed by atoms with E-state index in [0.717, 1.165) is 16.7 Å². The maximum absolute atomic E-state index is 14.1. The SMILES string of the molecule is CN=C1/C(=C(\C)NC2=C(F)C=C(F)CC2F)Cc2cc(OC)c(OC)cc21. The molecule has 1 atom stereocenters. The molecule has 4 nitrogen and oxygen atoms in total. The minimum atomic E-state index is -1.75. The highest BCUT2D eigenvalue weighted by molar-refractivity contribution is 6.17. The molecule has 0 saturated carbocycles. The molecule has 0 fully saturated rings. The molecule has 0 bridgehead atoms. The molecule has 0 heterocycles. The zero-order valence-electron chi connectivity index (χ0n) is 15.6. The zero-order valence-corrected chi connectivity index (χ0v) is 15.6. The molecule has 1 unspecified atom stereocenters. The van der Waals surface area contributed by atoms with Gasteiger partial charge in [-0.2, -0.15) is 0 Å². The first kappa shape index (κ1) is 19.1. The van der Waals surface area contributed by atoms with E-state index in [4.69, 9.17) is 9.47 Å². The predicted molar refractivity (Wildman–Crippen MR) is 98.4 cm³/mol. The fourth-order valence-corrected chi connectivity index (χ4v) is 3.40.